The molecule has 1 aromatic heterocycles. The van der Waals surface area contributed by atoms with E-state index in [1.807, 2.05) is 18.2 Å². The molecule has 1 saturated heterocycles. The van der Waals surface area contributed by atoms with Crippen LogP contribution in [-0.4, -0.2) is 41.5 Å². The number of likely N-dealkylation sites (tertiary alicyclic amines) is 1. The van der Waals surface area contributed by atoms with E-state index in [0.29, 0.717) is 6.54 Å². The van der Waals surface area contributed by atoms with Crippen LogP contribution in [0.15, 0.2) is 30.6 Å². The molecule has 0 spiro atoms. The number of hydrogen-bond donors (Lipinski definition) is 0. The smallest absolute Gasteiger partial charge is 0.302 e. The quantitative estimate of drug-likeness (QED) is 0.792. The molecule has 1 unspecified atom stereocenters. The standard InChI is InChI=1S/C14H14FN3O3S/c15-22(20,21)9-11-6-14(19)18(8-11)7-10-1-2-12-13(5-10)17-4-3-16-12/h1-5,11H,6-9H2. The van der Waals surface area contributed by atoms with Crippen molar-refractivity contribution in [3.8, 4) is 0 Å². The van der Waals surface area contributed by atoms with Gasteiger partial charge in [0.15, 0.2) is 0 Å². The van der Waals surface area contributed by atoms with Gasteiger partial charge in [-0.15, -0.1) is 3.89 Å². The Bertz CT molecular complexity index is 825. The summed E-state index contributed by atoms with van der Waals surface area (Å²) in [6.07, 6.45) is 3.26. The van der Waals surface area contributed by atoms with E-state index < -0.39 is 21.9 Å². The van der Waals surface area contributed by atoms with Crippen molar-refractivity contribution in [1.29, 1.82) is 0 Å². The number of hydrogen-bond acceptors (Lipinski definition) is 5. The summed E-state index contributed by atoms with van der Waals surface area (Å²) < 4.78 is 34.1. The first kappa shape index (κ1) is 14.8. The van der Waals surface area contributed by atoms with Crippen LogP contribution in [0.5, 0.6) is 0 Å². The van der Waals surface area contributed by atoms with Gasteiger partial charge < -0.3 is 4.90 Å². The van der Waals surface area contributed by atoms with Gasteiger partial charge in [0.1, 0.15) is 0 Å². The van der Waals surface area contributed by atoms with Gasteiger partial charge in [-0.3, -0.25) is 14.8 Å². The molecule has 0 saturated carbocycles. The van der Waals surface area contributed by atoms with Crippen LogP contribution in [0.1, 0.15) is 12.0 Å². The second kappa shape index (κ2) is 5.60. The van der Waals surface area contributed by atoms with Gasteiger partial charge in [-0.2, -0.15) is 8.42 Å². The number of amides is 1. The number of fused-ring (bicyclic) bond motifs is 1. The van der Waals surface area contributed by atoms with E-state index in [1.165, 1.54) is 0 Å². The maximum Gasteiger partial charge on any atom is 0.302 e. The predicted octanol–water partition coefficient (Wildman–Crippen LogP) is 1.28. The van der Waals surface area contributed by atoms with Gasteiger partial charge in [0, 0.05) is 37.8 Å². The van der Waals surface area contributed by atoms with E-state index in [9.17, 15) is 17.1 Å². The molecular formula is C14H14FN3O3S. The number of aromatic nitrogens is 2. The van der Waals surface area contributed by atoms with Crippen molar-refractivity contribution in [1.82, 2.24) is 14.9 Å². The Kier molecular flexibility index (Phi) is 3.78. The van der Waals surface area contributed by atoms with Gasteiger partial charge in [0.25, 0.3) is 0 Å². The fraction of sp³-hybridized carbons (Fsp3) is 0.357. The minimum absolute atomic E-state index is 0.0660. The lowest BCUT2D eigenvalue weighted by molar-refractivity contribution is -0.128. The minimum Gasteiger partial charge on any atom is -0.338 e. The lowest BCUT2D eigenvalue weighted by atomic mass is 10.1. The molecule has 1 amide bonds. The molecule has 0 bridgehead atoms. The van der Waals surface area contributed by atoms with Crippen LogP contribution in [0.25, 0.3) is 11.0 Å². The number of nitrogens with zero attached hydrogens (tertiary/aromatic N) is 3. The maximum atomic E-state index is 12.7. The second-order valence-electron chi connectivity index (χ2n) is 5.43. The molecule has 8 heteroatoms. The summed E-state index contributed by atoms with van der Waals surface area (Å²) in [7, 11) is -4.55. The monoisotopic (exact) mass is 323 g/mol. The van der Waals surface area contributed by atoms with Crippen molar-refractivity contribution in [2.24, 2.45) is 5.92 Å². The zero-order valence-electron chi connectivity index (χ0n) is 11.6. The Morgan fingerprint density at radius 3 is 2.68 bits per heavy atom. The molecule has 0 aliphatic carbocycles. The van der Waals surface area contributed by atoms with Gasteiger partial charge in [-0.25, -0.2) is 0 Å². The highest BCUT2D eigenvalue weighted by Gasteiger charge is 2.32. The van der Waals surface area contributed by atoms with E-state index in [2.05, 4.69) is 9.97 Å². The summed E-state index contributed by atoms with van der Waals surface area (Å²) in [5, 5.41) is 0. The molecule has 0 radical (unpaired) electrons. The van der Waals surface area contributed by atoms with Crippen LogP contribution in [0.3, 0.4) is 0 Å². The van der Waals surface area contributed by atoms with Crippen LogP contribution in [0, 0.1) is 5.92 Å². The highest BCUT2D eigenvalue weighted by atomic mass is 32.3. The Morgan fingerprint density at radius 1 is 1.23 bits per heavy atom. The summed E-state index contributed by atoms with van der Waals surface area (Å²) in [5.74, 6) is -1.24. The summed E-state index contributed by atoms with van der Waals surface area (Å²) in [6, 6.07) is 5.51. The zero-order valence-corrected chi connectivity index (χ0v) is 12.5. The normalized spacial score (nSPS) is 19.0. The molecule has 0 N–H and O–H groups in total. The van der Waals surface area contributed by atoms with E-state index in [4.69, 9.17) is 0 Å². The number of halogens is 1. The molecule has 116 valence electrons. The minimum atomic E-state index is -4.55. The molecule has 22 heavy (non-hydrogen) atoms. The molecule has 1 aliphatic heterocycles. The Morgan fingerprint density at radius 2 is 1.95 bits per heavy atom. The third kappa shape index (κ3) is 3.38. The fourth-order valence-electron chi connectivity index (χ4n) is 2.73. The van der Waals surface area contributed by atoms with Crippen LogP contribution >= 0.6 is 0 Å². The Hall–Kier alpha value is -2.09. The molecule has 1 atom stereocenters. The van der Waals surface area contributed by atoms with E-state index >= 15 is 0 Å². The maximum absolute atomic E-state index is 12.7. The highest BCUT2D eigenvalue weighted by molar-refractivity contribution is 7.86. The van der Waals surface area contributed by atoms with Gasteiger partial charge in [-0.05, 0) is 17.7 Å². The molecule has 1 fully saturated rings. The second-order valence-corrected chi connectivity index (χ2v) is 6.84. The van der Waals surface area contributed by atoms with Crippen molar-refractivity contribution in [3.63, 3.8) is 0 Å². The highest BCUT2D eigenvalue weighted by Crippen LogP contribution is 2.23. The van der Waals surface area contributed by atoms with Crippen LogP contribution in [0.4, 0.5) is 3.89 Å². The van der Waals surface area contributed by atoms with Gasteiger partial charge >= 0.3 is 10.2 Å². The summed E-state index contributed by atoms with van der Waals surface area (Å²) >= 11 is 0. The Balaban J connectivity index is 1.73. The first-order valence-corrected chi connectivity index (χ1v) is 8.36. The SMILES string of the molecule is O=C1CC(CS(=O)(=O)F)CN1Cc1ccc2nccnc2c1. The van der Waals surface area contributed by atoms with Crippen molar-refractivity contribution in [3.05, 3.63) is 36.2 Å². The van der Waals surface area contributed by atoms with Crippen LogP contribution < -0.4 is 0 Å². The fourth-order valence-corrected chi connectivity index (χ4v) is 3.51. The third-order valence-electron chi connectivity index (χ3n) is 3.64. The van der Waals surface area contributed by atoms with Crippen molar-refractivity contribution in [2.75, 3.05) is 12.3 Å². The largest absolute Gasteiger partial charge is 0.338 e. The summed E-state index contributed by atoms with van der Waals surface area (Å²) in [6.45, 7) is 0.606. The summed E-state index contributed by atoms with van der Waals surface area (Å²) in [5.41, 5.74) is 2.38. The number of benzene rings is 1. The third-order valence-corrected chi connectivity index (χ3v) is 4.51. The first-order valence-electron chi connectivity index (χ1n) is 6.80. The van der Waals surface area contributed by atoms with E-state index in [0.717, 1.165) is 16.6 Å². The number of carbonyl (C=O) groups excluding carboxylic acids is 1. The number of rotatable bonds is 4. The average molecular weight is 323 g/mol. The molecule has 3 rings (SSSR count). The topological polar surface area (TPSA) is 80.2 Å². The predicted molar refractivity (Wildman–Crippen MR) is 78.0 cm³/mol. The Labute approximate surface area is 127 Å². The number of carbonyl (C=O) groups is 1. The van der Waals surface area contributed by atoms with Crippen LogP contribution in [0.2, 0.25) is 0 Å². The van der Waals surface area contributed by atoms with E-state index in [-0.39, 0.29) is 18.9 Å². The van der Waals surface area contributed by atoms with Gasteiger partial charge in [-0.1, -0.05) is 6.07 Å². The van der Waals surface area contributed by atoms with Crippen molar-refractivity contribution < 1.29 is 17.1 Å². The van der Waals surface area contributed by atoms with Crippen molar-refractivity contribution >= 4 is 27.2 Å². The van der Waals surface area contributed by atoms with Crippen LogP contribution in [-0.2, 0) is 21.6 Å². The lowest BCUT2D eigenvalue weighted by Crippen LogP contribution is -2.25. The molecular weight excluding hydrogens is 309 g/mol. The molecule has 1 aliphatic rings. The molecule has 2 aromatic rings. The molecule has 1 aromatic carbocycles. The lowest BCUT2D eigenvalue weighted by Gasteiger charge is -2.16. The first-order chi connectivity index (χ1) is 10.4. The molecule has 2 heterocycles. The van der Waals surface area contributed by atoms with E-state index in [1.54, 1.807) is 17.3 Å². The molecule has 6 nitrogen and oxygen atoms in total. The van der Waals surface area contributed by atoms with Crippen molar-refractivity contribution in [2.45, 2.75) is 13.0 Å². The summed E-state index contributed by atoms with van der Waals surface area (Å²) in [4.78, 5) is 21.8. The average Bonchev–Trinajstić information content (AvgIpc) is 2.76. The van der Waals surface area contributed by atoms with Gasteiger partial charge in [0.2, 0.25) is 5.91 Å². The van der Waals surface area contributed by atoms with Gasteiger partial charge in [0.05, 0.1) is 16.8 Å². The zero-order chi connectivity index (χ0) is 15.7.